The van der Waals surface area contributed by atoms with Crippen LogP contribution in [0, 0.1) is 5.92 Å². The zero-order valence-electron chi connectivity index (χ0n) is 15.3. The summed E-state index contributed by atoms with van der Waals surface area (Å²) in [5, 5.41) is 4.22. The summed E-state index contributed by atoms with van der Waals surface area (Å²) in [5.41, 5.74) is 3.29. The summed E-state index contributed by atoms with van der Waals surface area (Å²) in [6, 6.07) is 17.7. The molecule has 4 rings (SSSR count). The van der Waals surface area contributed by atoms with E-state index in [-0.39, 0.29) is 30.2 Å². The fraction of sp³-hybridized carbons (Fsp3) is 0.273. The molecule has 2 N–H and O–H groups in total. The minimum atomic E-state index is -0.354. The van der Waals surface area contributed by atoms with E-state index in [0.717, 1.165) is 17.5 Å². The number of para-hydroxylation sites is 1. The SMILES string of the molecule is CN1C(=O)C[C@H](C(=O)NCCc2c[nH]c3ccccc23)[C@@H]1c1ccccc1. The Morgan fingerprint density at radius 2 is 1.89 bits per heavy atom. The second-order valence-electron chi connectivity index (χ2n) is 7.07. The number of amides is 2. The molecule has 2 aromatic carbocycles. The first-order valence-corrected chi connectivity index (χ1v) is 9.28. The molecule has 0 bridgehead atoms. The van der Waals surface area contributed by atoms with Gasteiger partial charge in [0.05, 0.1) is 12.0 Å². The second-order valence-corrected chi connectivity index (χ2v) is 7.07. The molecule has 1 aliphatic heterocycles. The number of carbonyl (C=O) groups excluding carboxylic acids is 2. The molecule has 1 saturated heterocycles. The van der Waals surface area contributed by atoms with Crippen molar-refractivity contribution in [3.8, 4) is 0 Å². The summed E-state index contributed by atoms with van der Waals surface area (Å²) >= 11 is 0. The van der Waals surface area contributed by atoms with Gasteiger partial charge in [-0.1, -0.05) is 48.5 Å². The molecule has 5 nitrogen and oxygen atoms in total. The predicted octanol–water partition coefficient (Wildman–Crippen LogP) is 3.05. The molecule has 0 saturated carbocycles. The number of aromatic amines is 1. The molecule has 0 aliphatic carbocycles. The van der Waals surface area contributed by atoms with Gasteiger partial charge in [0, 0.05) is 37.1 Å². The van der Waals surface area contributed by atoms with Crippen molar-refractivity contribution in [1.29, 1.82) is 0 Å². The third-order valence-corrected chi connectivity index (χ3v) is 5.43. The minimum Gasteiger partial charge on any atom is -0.361 e. The van der Waals surface area contributed by atoms with E-state index in [4.69, 9.17) is 0 Å². The van der Waals surface area contributed by atoms with Crippen LogP contribution in [0.4, 0.5) is 0 Å². The number of aromatic nitrogens is 1. The van der Waals surface area contributed by atoms with Gasteiger partial charge in [-0.15, -0.1) is 0 Å². The van der Waals surface area contributed by atoms with Crippen LogP contribution in [0.5, 0.6) is 0 Å². The van der Waals surface area contributed by atoms with E-state index < -0.39 is 0 Å². The van der Waals surface area contributed by atoms with Gasteiger partial charge in [0.25, 0.3) is 0 Å². The number of nitrogens with one attached hydrogen (secondary N) is 2. The van der Waals surface area contributed by atoms with Crippen LogP contribution >= 0.6 is 0 Å². The van der Waals surface area contributed by atoms with E-state index in [2.05, 4.69) is 16.4 Å². The van der Waals surface area contributed by atoms with Crippen LogP contribution < -0.4 is 5.32 Å². The predicted molar refractivity (Wildman–Crippen MR) is 105 cm³/mol. The molecule has 2 atom stereocenters. The summed E-state index contributed by atoms with van der Waals surface area (Å²) in [4.78, 5) is 30.0. The van der Waals surface area contributed by atoms with Crippen LogP contribution in [0.2, 0.25) is 0 Å². The van der Waals surface area contributed by atoms with Gasteiger partial charge in [-0.05, 0) is 23.6 Å². The molecule has 2 heterocycles. The highest BCUT2D eigenvalue weighted by atomic mass is 16.2. The van der Waals surface area contributed by atoms with Crippen molar-refractivity contribution >= 4 is 22.7 Å². The van der Waals surface area contributed by atoms with Crippen molar-refractivity contribution in [2.45, 2.75) is 18.9 Å². The summed E-state index contributed by atoms with van der Waals surface area (Å²) < 4.78 is 0. The van der Waals surface area contributed by atoms with Crippen LogP contribution in [0.15, 0.2) is 60.8 Å². The summed E-state index contributed by atoms with van der Waals surface area (Å²) in [5.74, 6) is -0.394. The van der Waals surface area contributed by atoms with Gasteiger partial charge in [-0.25, -0.2) is 0 Å². The number of benzene rings is 2. The molecule has 27 heavy (non-hydrogen) atoms. The zero-order valence-corrected chi connectivity index (χ0v) is 15.3. The van der Waals surface area contributed by atoms with E-state index in [1.54, 1.807) is 11.9 Å². The molecule has 1 fully saturated rings. The number of hydrogen-bond acceptors (Lipinski definition) is 2. The minimum absolute atomic E-state index is 0.0145. The first kappa shape index (κ1) is 17.3. The van der Waals surface area contributed by atoms with Crippen molar-refractivity contribution in [2.24, 2.45) is 5.92 Å². The maximum atomic E-state index is 12.8. The van der Waals surface area contributed by atoms with Gasteiger partial charge in [0.2, 0.25) is 11.8 Å². The normalized spacial score (nSPS) is 19.6. The van der Waals surface area contributed by atoms with Crippen LogP contribution in [0.3, 0.4) is 0 Å². The molecular formula is C22H23N3O2. The highest BCUT2D eigenvalue weighted by Crippen LogP contribution is 2.36. The Balaban J connectivity index is 1.43. The summed E-state index contributed by atoms with van der Waals surface area (Å²) in [6.07, 6.45) is 3.01. The standard InChI is InChI=1S/C22H23N3O2/c1-25-20(26)13-18(21(25)15-7-3-2-4-8-15)22(27)23-12-11-16-14-24-19-10-6-5-9-17(16)19/h2-10,14,18,21,24H,11-13H2,1H3,(H,23,27)/t18-,21-/m0/s1. The van der Waals surface area contributed by atoms with Crippen molar-refractivity contribution < 1.29 is 9.59 Å². The molecule has 1 aliphatic rings. The number of likely N-dealkylation sites (tertiary alicyclic amines) is 1. The maximum Gasteiger partial charge on any atom is 0.226 e. The molecule has 138 valence electrons. The maximum absolute atomic E-state index is 12.8. The largest absolute Gasteiger partial charge is 0.361 e. The highest BCUT2D eigenvalue weighted by Gasteiger charge is 2.42. The second kappa shape index (κ2) is 7.27. The Hall–Kier alpha value is -3.08. The highest BCUT2D eigenvalue weighted by molar-refractivity contribution is 5.90. The van der Waals surface area contributed by atoms with Crippen LogP contribution in [-0.2, 0) is 16.0 Å². The Bertz CT molecular complexity index is 964. The lowest BCUT2D eigenvalue weighted by Gasteiger charge is -2.24. The van der Waals surface area contributed by atoms with E-state index in [9.17, 15) is 9.59 Å². The molecule has 0 unspecified atom stereocenters. The molecular weight excluding hydrogens is 338 g/mol. The number of nitrogens with zero attached hydrogens (tertiary/aromatic N) is 1. The monoisotopic (exact) mass is 361 g/mol. The molecule has 0 spiro atoms. The first-order chi connectivity index (χ1) is 13.1. The van der Waals surface area contributed by atoms with Gasteiger partial charge in [-0.2, -0.15) is 0 Å². The van der Waals surface area contributed by atoms with Gasteiger partial charge in [0.15, 0.2) is 0 Å². The van der Waals surface area contributed by atoms with Crippen LogP contribution in [-0.4, -0.2) is 35.3 Å². The molecule has 2 amide bonds. The quantitative estimate of drug-likeness (QED) is 0.734. The summed E-state index contributed by atoms with van der Waals surface area (Å²) in [6.45, 7) is 0.552. The summed E-state index contributed by atoms with van der Waals surface area (Å²) in [7, 11) is 1.78. The Labute approximate surface area is 158 Å². The average Bonchev–Trinajstić information content (AvgIpc) is 3.24. The van der Waals surface area contributed by atoms with Gasteiger partial charge in [0.1, 0.15) is 0 Å². The van der Waals surface area contributed by atoms with E-state index in [1.165, 1.54) is 10.9 Å². The van der Waals surface area contributed by atoms with E-state index >= 15 is 0 Å². The lowest BCUT2D eigenvalue weighted by Crippen LogP contribution is -2.35. The van der Waals surface area contributed by atoms with Crippen molar-refractivity contribution in [2.75, 3.05) is 13.6 Å². The van der Waals surface area contributed by atoms with E-state index in [1.807, 2.05) is 54.7 Å². The molecule has 5 heteroatoms. The van der Waals surface area contributed by atoms with Gasteiger partial charge >= 0.3 is 0 Å². The third kappa shape index (κ3) is 3.33. The fourth-order valence-corrected chi connectivity index (χ4v) is 4.00. The van der Waals surface area contributed by atoms with Crippen LogP contribution in [0.1, 0.15) is 23.6 Å². The zero-order chi connectivity index (χ0) is 18.8. The Morgan fingerprint density at radius 1 is 1.15 bits per heavy atom. The number of hydrogen-bond donors (Lipinski definition) is 2. The van der Waals surface area contributed by atoms with Crippen LogP contribution in [0.25, 0.3) is 10.9 Å². The molecule has 1 aromatic heterocycles. The topological polar surface area (TPSA) is 65.2 Å². The number of rotatable bonds is 5. The van der Waals surface area contributed by atoms with Gasteiger partial charge < -0.3 is 15.2 Å². The van der Waals surface area contributed by atoms with Crippen molar-refractivity contribution in [1.82, 2.24) is 15.2 Å². The average molecular weight is 361 g/mol. The molecule has 0 radical (unpaired) electrons. The Kier molecular flexibility index (Phi) is 4.67. The number of fused-ring (bicyclic) bond motifs is 1. The number of H-pyrrole nitrogens is 1. The lowest BCUT2D eigenvalue weighted by molar-refractivity contribution is -0.128. The fourth-order valence-electron chi connectivity index (χ4n) is 4.00. The Morgan fingerprint density at radius 3 is 2.70 bits per heavy atom. The molecule has 3 aromatic rings. The third-order valence-electron chi connectivity index (χ3n) is 5.43. The smallest absolute Gasteiger partial charge is 0.226 e. The van der Waals surface area contributed by atoms with Gasteiger partial charge in [-0.3, -0.25) is 9.59 Å². The van der Waals surface area contributed by atoms with E-state index in [0.29, 0.717) is 6.54 Å². The number of carbonyl (C=O) groups is 2. The first-order valence-electron chi connectivity index (χ1n) is 9.28. The lowest BCUT2D eigenvalue weighted by atomic mass is 9.93. The van der Waals surface area contributed by atoms with Crippen molar-refractivity contribution in [3.05, 3.63) is 71.9 Å². The van der Waals surface area contributed by atoms with Crippen molar-refractivity contribution in [3.63, 3.8) is 0 Å².